The molecule has 3 nitrogen and oxygen atoms in total. The lowest BCUT2D eigenvalue weighted by Gasteiger charge is -2.17. The van der Waals surface area contributed by atoms with E-state index in [1.807, 2.05) is 23.5 Å². The van der Waals surface area contributed by atoms with Gasteiger partial charge in [0.1, 0.15) is 5.82 Å². The van der Waals surface area contributed by atoms with E-state index in [9.17, 15) is 0 Å². The molecule has 3 aromatic rings. The Morgan fingerprint density at radius 1 is 1.29 bits per heavy atom. The summed E-state index contributed by atoms with van der Waals surface area (Å²) in [5, 5.41) is 0. The quantitative estimate of drug-likeness (QED) is 0.725. The minimum absolute atomic E-state index is 0.290. The molecule has 0 saturated heterocycles. The zero-order chi connectivity index (χ0) is 15.1. The number of hydrogen-bond acceptors (Lipinski definition) is 3. The van der Waals surface area contributed by atoms with E-state index in [4.69, 9.17) is 10.7 Å². The first kappa shape index (κ1) is 14.1. The van der Waals surface area contributed by atoms with Crippen LogP contribution >= 0.6 is 11.3 Å². The monoisotopic (exact) mass is 299 g/mol. The average molecular weight is 299 g/mol. The van der Waals surface area contributed by atoms with Gasteiger partial charge in [-0.1, -0.05) is 6.92 Å². The first-order valence-corrected chi connectivity index (χ1v) is 8.16. The SMILES string of the molecule is CCc1nc2cc(N)ccc2n1C(C)c1cc(C)sc1C. The number of nitrogens with zero attached hydrogens (tertiary/aromatic N) is 2. The number of fused-ring (bicyclic) bond motifs is 1. The van der Waals surface area contributed by atoms with E-state index >= 15 is 0 Å². The molecular weight excluding hydrogens is 278 g/mol. The molecule has 0 spiro atoms. The Morgan fingerprint density at radius 3 is 2.67 bits per heavy atom. The molecule has 0 radical (unpaired) electrons. The van der Waals surface area contributed by atoms with Crippen molar-refractivity contribution >= 4 is 28.1 Å². The van der Waals surface area contributed by atoms with Crippen molar-refractivity contribution in [2.75, 3.05) is 5.73 Å². The van der Waals surface area contributed by atoms with Crippen molar-refractivity contribution < 1.29 is 0 Å². The van der Waals surface area contributed by atoms with Crippen molar-refractivity contribution in [3.8, 4) is 0 Å². The molecule has 110 valence electrons. The van der Waals surface area contributed by atoms with E-state index in [1.54, 1.807) is 0 Å². The topological polar surface area (TPSA) is 43.8 Å². The van der Waals surface area contributed by atoms with Gasteiger partial charge in [-0.15, -0.1) is 11.3 Å². The van der Waals surface area contributed by atoms with Gasteiger partial charge in [0.05, 0.1) is 17.1 Å². The highest BCUT2D eigenvalue weighted by atomic mass is 32.1. The summed E-state index contributed by atoms with van der Waals surface area (Å²) >= 11 is 1.86. The minimum Gasteiger partial charge on any atom is -0.399 e. The van der Waals surface area contributed by atoms with Crippen LogP contribution in [0.2, 0.25) is 0 Å². The number of nitrogens with two attached hydrogens (primary N) is 1. The van der Waals surface area contributed by atoms with Crippen LogP contribution in [0.25, 0.3) is 11.0 Å². The third-order valence-electron chi connectivity index (χ3n) is 4.02. The summed E-state index contributed by atoms with van der Waals surface area (Å²) in [5.74, 6) is 1.12. The second-order valence-corrected chi connectivity index (χ2v) is 7.00. The second-order valence-electron chi connectivity index (χ2n) is 5.54. The lowest BCUT2D eigenvalue weighted by molar-refractivity contribution is 0.622. The molecular formula is C17H21N3S. The van der Waals surface area contributed by atoms with Crippen LogP contribution < -0.4 is 5.73 Å². The van der Waals surface area contributed by atoms with Gasteiger partial charge < -0.3 is 10.3 Å². The number of benzene rings is 1. The van der Waals surface area contributed by atoms with Crippen LogP contribution in [0.15, 0.2) is 24.3 Å². The Balaban J connectivity index is 2.20. The van der Waals surface area contributed by atoms with Crippen molar-refractivity contribution in [3.05, 3.63) is 45.4 Å². The second kappa shape index (κ2) is 5.19. The van der Waals surface area contributed by atoms with E-state index < -0.39 is 0 Å². The van der Waals surface area contributed by atoms with Crippen LogP contribution in [0.5, 0.6) is 0 Å². The summed E-state index contributed by atoms with van der Waals surface area (Å²) in [4.78, 5) is 7.51. The summed E-state index contributed by atoms with van der Waals surface area (Å²) in [7, 11) is 0. The molecule has 0 aliphatic carbocycles. The van der Waals surface area contributed by atoms with Crippen LogP contribution in [0, 0.1) is 13.8 Å². The summed E-state index contributed by atoms with van der Waals surface area (Å²) in [6.45, 7) is 8.78. The van der Waals surface area contributed by atoms with Gasteiger partial charge in [0.15, 0.2) is 0 Å². The van der Waals surface area contributed by atoms with Crippen molar-refractivity contribution in [1.82, 2.24) is 9.55 Å². The number of anilines is 1. The molecule has 0 aliphatic heterocycles. The smallest absolute Gasteiger partial charge is 0.110 e. The minimum atomic E-state index is 0.290. The van der Waals surface area contributed by atoms with Gasteiger partial charge in [-0.25, -0.2) is 4.98 Å². The van der Waals surface area contributed by atoms with Crippen LogP contribution in [0.4, 0.5) is 5.69 Å². The number of hydrogen-bond donors (Lipinski definition) is 1. The summed E-state index contributed by atoms with van der Waals surface area (Å²) in [6, 6.07) is 8.59. The maximum Gasteiger partial charge on any atom is 0.110 e. The van der Waals surface area contributed by atoms with E-state index in [2.05, 4.69) is 44.4 Å². The third kappa shape index (κ3) is 2.33. The molecule has 2 heterocycles. The lowest BCUT2D eigenvalue weighted by atomic mass is 10.1. The van der Waals surface area contributed by atoms with E-state index in [0.29, 0.717) is 6.04 Å². The predicted molar refractivity (Wildman–Crippen MR) is 91.1 cm³/mol. The summed E-state index contributed by atoms with van der Waals surface area (Å²) in [5.41, 5.74) is 10.2. The standard InChI is InChI=1S/C17H21N3S/c1-5-17-19-15-9-13(18)6-7-16(15)20(17)11(3)14-8-10(2)21-12(14)4/h6-9,11H,5,18H2,1-4H3. The molecule has 21 heavy (non-hydrogen) atoms. The number of aryl methyl sites for hydroxylation is 3. The molecule has 2 N–H and O–H groups in total. The number of aromatic nitrogens is 2. The molecule has 0 amide bonds. The third-order valence-corrected chi connectivity index (χ3v) is 5.00. The zero-order valence-electron chi connectivity index (χ0n) is 13.0. The van der Waals surface area contributed by atoms with Crippen LogP contribution in [-0.4, -0.2) is 9.55 Å². The summed E-state index contributed by atoms with van der Waals surface area (Å²) < 4.78 is 2.35. The maximum atomic E-state index is 5.89. The fraction of sp³-hybridized carbons (Fsp3) is 0.353. The van der Waals surface area contributed by atoms with Gasteiger partial charge in [-0.05, 0) is 50.6 Å². The Labute approximate surface area is 129 Å². The van der Waals surface area contributed by atoms with Gasteiger partial charge in [-0.2, -0.15) is 0 Å². The van der Waals surface area contributed by atoms with Gasteiger partial charge >= 0.3 is 0 Å². The normalized spacial score (nSPS) is 13.0. The first-order chi connectivity index (χ1) is 10.0. The van der Waals surface area contributed by atoms with Crippen molar-refractivity contribution in [1.29, 1.82) is 0 Å². The molecule has 0 aliphatic rings. The Hall–Kier alpha value is -1.81. The summed E-state index contributed by atoms with van der Waals surface area (Å²) in [6.07, 6.45) is 0.918. The molecule has 3 rings (SSSR count). The fourth-order valence-corrected chi connectivity index (χ4v) is 4.07. The Kier molecular flexibility index (Phi) is 3.49. The van der Waals surface area contributed by atoms with Gasteiger partial charge in [0.2, 0.25) is 0 Å². The largest absolute Gasteiger partial charge is 0.399 e. The highest BCUT2D eigenvalue weighted by molar-refractivity contribution is 7.12. The molecule has 1 unspecified atom stereocenters. The van der Waals surface area contributed by atoms with Crippen LogP contribution in [-0.2, 0) is 6.42 Å². The van der Waals surface area contributed by atoms with Crippen molar-refractivity contribution in [3.63, 3.8) is 0 Å². The van der Waals surface area contributed by atoms with E-state index in [1.165, 1.54) is 15.3 Å². The van der Waals surface area contributed by atoms with Gasteiger partial charge in [-0.3, -0.25) is 0 Å². The average Bonchev–Trinajstić information content (AvgIpc) is 2.97. The van der Waals surface area contributed by atoms with Gasteiger partial charge in [0, 0.05) is 21.9 Å². The Bertz CT molecular complexity index is 798. The molecule has 1 aromatic carbocycles. The van der Waals surface area contributed by atoms with E-state index in [0.717, 1.165) is 29.0 Å². The van der Waals surface area contributed by atoms with Crippen molar-refractivity contribution in [2.24, 2.45) is 0 Å². The molecule has 1 atom stereocenters. The number of rotatable bonds is 3. The highest BCUT2D eigenvalue weighted by Gasteiger charge is 2.19. The predicted octanol–water partition coefficient (Wildman–Crippen LogP) is 4.47. The number of nitrogen functional groups attached to an aromatic ring is 1. The number of imidazole rings is 1. The van der Waals surface area contributed by atoms with Crippen molar-refractivity contribution in [2.45, 2.75) is 40.2 Å². The van der Waals surface area contributed by atoms with E-state index in [-0.39, 0.29) is 0 Å². The highest BCUT2D eigenvalue weighted by Crippen LogP contribution is 2.32. The maximum absolute atomic E-state index is 5.89. The molecule has 0 fully saturated rings. The van der Waals surface area contributed by atoms with Crippen LogP contribution in [0.1, 0.15) is 41.0 Å². The zero-order valence-corrected chi connectivity index (χ0v) is 13.8. The molecule has 4 heteroatoms. The molecule has 0 saturated carbocycles. The fourth-order valence-electron chi connectivity index (χ4n) is 3.05. The first-order valence-electron chi connectivity index (χ1n) is 7.34. The van der Waals surface area contributed by atoms with Gasteiger partial charge in [0.25, 0.3) is 0 Å². The lowest BCUT2D eigenvalue weighted by Crippen LogP contribution is -2.10. The Morgan fingerprint density at radius 2 is 2.05 bits per heavy atom. The number of thiophene rings is 1. The molecule has 0 bridgehead atoms. The molecule has 2 aromatic heterocycles. The van der Waals surface area contributed by atoms with Crippen LogP contribution in [0.3, 0.4) is 0 Å².